The van der Waals surface area contributed by atoms with Crippen LogP contribution in [0.5, 0.6) is 0 Å². The lowest BCUT2D eigenvalue weighted by Gasteiger charge is -2.28. The van der Waals surface area contributed by atoms with Crippen LogP contribution in [0.25, 0.3) is 0 Å². The monoisotopic (exact) mass is 454 g/mol. The standard InChI is InChI=1S/C24H29F3O3S/c1-18-6-16-23(17-7-18)31(28,29)30-22-14-10-20(11-15-22)5-3-2-4-19-8-12-21(13-9-19)24(25,26)27/h6-9,12-13,16-17,20,22H,2-5,10-11,14-15H2,1H3. The summed E-state index contributed by atoms with van der Waals surface area (Å²) in [7, 11) is -3.73. The number of hydrogen-bond acceptors (Lipinski definition) is 3. The molecule has 0 unspecified atom stereocenters. The van der Waals surface area contributed by atoms with Gasteiger partial charge in [-0.25, -0.2) is 0 Å². The Labute approximate surface area is 182 Å². The van der Waals surface area contributed by atoms with Crippen molar-refractivity contribution in [3.8, 4) is 0 Å². The van der Waals surface area contributed by atoms with Crippen LogP contribution in [0.1, 0.15) is 61.6 Å². The Bertz CT molecular complexity index is 928. The van der Waals surface area contributed by atoms with E-state index in [0.717, 1.165) is 74.6 Å². The maximum Gasteiger partial charge on any atom is 0.416 e. The van der Waals surface area contributed by atoms with Crippen molar-refractivity contribution in [1.29, 1.82) is 0 Å². The molecule has 1 fully saturated rings. The summed E-state index contributed by atoms with van der Waals surface area (Å²) in [6.45, 7) is 1.90. The third-order valence-electron chi connectivity index (χ3n) is 5.98. The van der Waals surface area contributed by atoms with E-state index in [9.17, 15) is 21.6 Å². The minimum atomic E-state index is -4.29. The number of hydrogen-bond donors (Lipinski definition) is 0. The zero-order valence-corrected chi connectivity index (χ0v) is 18.5. The van der Waals surface area contributed by atoms with E-state index in [1.165, 1.54) is 0 Å². The highest BCUT2D eigenvalue weighted by molar-refractivity contribution is 7.86. The number of unbranched alkanes of at least 4 members (excludes halogenated alkanes) is 1. The Kier molecular flexibility index (Phi) is 7.81. The third-order valence-corrected chi connectivity index (χ3v) is 7.35. The second kappa shape index (κ2) is 10.2. The Morgan fingerprint density at radius 1 is 0.903 bits per heavy atom. The van der Waals surface area contributed by atoms with E-state index in [1.54, 1.807) is 36.4 Å². The smallest absolute Gasteiger partial charge is 0.263 e. The van der Waals surface area contributed by atoms with Gasteiger partial charge in [0.2, 0.25) is 0 Å². The first kappa shape index (κ1) is 23.8. The van der Waals surface area contributed by atoms with Crippen LogP contribution in [0.2, 0.25) is 0 Å². The number of halogens is 3. The number of aryl methyl sites for hydroxylation is 2. The molecule has 7 heteroatoms. The molecule has 170 valence electrons. The van der Waals surface area contributed by atoms with Gasteiger partial charge in [-0.05, 0) is 81.2 Å². The molecule has 0 aliphatic heterocycles. The highest BCUT2D eigenvalue weighted by Crippen LogP contribution is 2.32. The summed E-state index contributed by atoms with van der Waals surface area (Å²) in [6, 6.07) is 12.1. The zero-order chi connectivity index (χ0) is 22.5. The topological polar surface area (TPSA) is 43.4 Å². The van der Waals surface area contributed by atoms with Gasteiger partial charge in [0.15, 0.2) is 0 Å². The highest BCUT2D eigenvalue weighted by Gasteiger charge is 2.30. The zero-order valence-electron chi connectivity index (χ0n) is 17.7. The lowest BCUT2D eigenvalue weighted by molar-refractivity contribution is -0.137. The van der Waals surface area contributed by atoms with Gasteiger partial charge >= 0.3 is 6.18 Å². The molecule has 0 atom stereocenters. The largest absolute Gasteiger partial charge is 0.416 e. The van der Waals surface area contributed by atoms with E-state index in [2.05, 4.69) is 0 Å². The molecule has 0 bridgehead atoms. The van der Waals surface area contributed by atoms with E-state index in [1.807, 2.05) is 6.92 Å². The summed E-state index contributed by atoms with van der Waals surface area (Å²) in [4.78, 5) is 0.198. The average Bonchev–Trinajstić information content (AvgIpc) is 2.72. The number of rotatable bonds is 8. The van der Waals surface area contributed by atoms with Crippen LogP contribution < -0.4 is 0 Å². The first-order valence-corrected chi connectivity index (χ1v) is 12.2. The van der Waals surface area contributed by atoms with Crippen molar-refractivity contribution in [3.05, 3.63) is 65.2 Å². The summed E-state index contributed by atoms with van der Waals surface area (Å²) in [5, 5.41) is 0. The molecular formula is C24H29F3O3S. The fourth-order valence-corrected chi connectivity index (χ4v) is 5.21. The van der Waals surface area contributed by atoms with Crippen LogP contribution in [-0.2, 0) is 26.9 Å². The van der Waals surface area contributed by atoms with Gasteiger partial charge in [-0.3, -0.25) is 4.18 Å². The van der Waals surface area contributed by atoms with Gasteiger partial charge in [0.25, 0.3) is 10.1 Å². The highest BCUT2D eigenvalue weighted by atomic mass is 32.2. The summed E-state index contributed by atoms with van der Waals surface area (Å²) in [6.07, 6.45) is 2.55. The molecule has 0 heterocycles. The maximum atomic E-state index is 12.6. The van der Waals surface area contributed by atoms with E-state index in [-0.39, 0.29) is 11.0 Å². The first-order chi connectivity index (χ1) is 14.6. The molecular weight excluding hydrogens is 425 g/mol. The van der Waals surface area contributed by atoms with Crippen LogP contribution in [-0.4, -0.2) is 14.5 Å². The molecule has 0 amide bonds. The van der Waals surface area contributed by atoms with Gasteiger partial charge in [-0.2, -0.15) is 21.6 Å². The van der Waals surface area contributed by atoms with Crippen LogP contribution in [0, 0.1) is 12.8 Å². The van der Waals surface area contributed by atoms with Crippen molar-refractivity contribution < 1.29 is 25.8 Å². The molecule has 0 N–H and O–H groups in total. The predicted molar refractivity (Wildman–Crippen MR) is 114 cm³/mol. The molecule has 1 aliphatic rings. The minimum absolute atomic E-state index is 0.198. The van der Waals surface area contributed by atoms with Crippen molar-refractivity contribution in [2.24, 2.45) is 5.92 Å². The fraction of sp³-hybridized carbons (Fsp3) is 0.500. The number of benzene rings is 2. The molecule has 2 aromatic rings. The fourth-order valence-electron chi connectivity index (χ4n) is 4.08. The summed E-state index contributed by atoms with van der Waals surface area (Å²) in [5.74, 6) is 0.550. The molecule has 3 rings (SSSR count). The second-order valence-corrected chi connectivity index (χ2v) is 10.0. The van der Waals surface area contributed by atoms with E-state index >= 15 is 0 Å². The van der Waals surface area contributed by atoms with Crippen LogP contribution in [0.4, 0.5) is 13.2 Å². The summed E-state index contributed by atoms with van der Waals surface area (Å²) in [5.41, 5.74) is 1.31. The number of alkyl halides is 3. The molecule has 0 saturated heterocycles. The predicted octanol–water partition coefficient (Wildman–Crippen LogP) is 6.69. The lowest BCUT2D eigenvalue weighted by atomic mass is 9.84. The minimum Gasteiger partial charge on any atom is -0.263 e. The normalized spacial score (nSPS) is 20.0. The maximum absolute atomic E-state index is 12.6. The average molecular weight is 455 g/mol. The van der Waals surface area contributed by atoms with E-state index < -0.39 is 21.9 Å². The van der Waals surface area contributed by atoms with Gasteiger partial charge in [0.05, 0.1) is 16.6 Å². The Balaban J connectivity index is 1.36. The second-order valence-electron chi connectivity index (χ2n) is 8.45. The van der Waals surface area contributed by atoms with E-state index in [4.69, 9.17) is 4.18 Å². The molecule has 1 aliphatic carbocycles. The molecule has 0 spiro atoms. The van der Waals surface area contributed by atoms with Crippen LogP contribution in [0.3, 0.4) is 0 Å². The lowest BCUT2D eigenvalue weighted by Crippen LogP contribution is -2.24. The summed E-state index contributed by atoms with van der Waals surface area (Å²) >= 11 is 0. The SMILES string of the molecule is Cc1ccc(S(=O)(=O)OC2CCC(CCCCc3ccc(C(F)(F)F)cc3)CC2)cc1. The molecule has 0 aromatic heterocycles. The van der Waals surface area contributed by atoms with Gasteiger partial charge < -0.3 is 0 Å². The third kappa shape index (κ3) is 7.07. The quantitative estimate of drug-likeness (QED) is 0.330. The first-order valence-electron chi connectivity index (χ1n) is 10.8. The van der Waals surface area contributed by atoms with Crippen molar-refractivity contribution in [3.63, 3.8) is 0 Å². The molecule has 31 heavy (non-hydrogen) atoms. The summed E-state index contributed by atoms with van der Waals surface area (Å²) < 4.78 is 68.1. The Hall–Kier alpha value is -1.86. The molecule has 2 aromatic carbocycles. The Morgan fingerprint density at radius 2 is 1.52 bits per heavy atom. The van der Waals surface area contributed by atoms with Crippen LogP contribution in [0.15, 0.2) is 53.4 Å². The van der Waals surface area contributed by atoms with Crippen LogP contribution >= 0.6 is 0 Å². The molecule has 0 radical (unpaired) electrons. The van der Waals surface area contributed by atoms with E-state index in [0.29, 0.717) is 5.92 Å². The molecule has 3 nitrogen and oxygen atoms in total. The van der Waals surface area contributed by atoms with Gasteiger partial charge in [0.1, 0.15) is 0 Å². The van der Waals surface area contributed by atoms with Crippen molar-refractivity contribution in [2.75, 3.05) is 0 Å². The van der Waals surface area contributed by atoms with Gasteiger partial charge in [0, 0.05) is 0 Å². The Morgan fingerprint density at radius 3 is 2.10 bits per heavy atom. The van der Waals surface area contributed by atoms with Crippen molar-refractivity contribution >= 4 is 10.1 Å². The van der Waals surface area contributed by atoms with Crippen molar-refractivity contribution in [1.82, 2.24) is 0 Å². The van der Waals surface area contributed by atoms with Gasteiger partial charge in [-0.1, -0.05) is 42.7 Å². The van der Waals surface area contributed by atoms with Gasteiger partial charge in [-0.15, -0.1) is 0 Å². The molecule has 1 saturated carbocycles. The van der Waals surface area contributed by atoms with Crippen molar-refractivity contribution in [2.45, 2.75) is 75.5 Å².